The molecule has 1 aliphatic carbocycles. The highest BCUT2D eigenvalue weighted by molar-refractivity contribution is 7.99. The first kappa shape index (κ1) is 12.1. The minimum Gasteiger partial charge on any atom is -0.388 e. The molecule has 1 aromatic rings. The topological polar surface area (TPSA) is 53.8 Å². The average molecular weight is 259 g/mol. The first-order valence-corrected chi connectivity index (χ1v) is 7.25. The van der Waals surface area contributed by atoms with Gasteiger partial charge in [0.05, 0.1) is 0 Å². The van der Waals surface area contributed by atoms with Crippen molar-refractivity contribution < 1.29 is 5.11 Å². The fourth-order valence-corrected chi connectivity index (χ4v) is 3.51. The molecule has 0 amide bonds. The lowest BCUT2D eigenvalue weighted by Crippen LogP contribution is -2.22. The van der Waals surface area contributed by atoms with E-state index in [9.17, 15) is 5.11 Å². The minimum atomic E-state index is -0.0480. The van der Waals surface area contributed by atoms with Gasteiger partial charge < -0.3 is 5.11 Å². The fourth-order valence-electron chi connectivity index (χ4n) is 2.39. The van der Waals surface area contributed by atoms with Crippen molar-refractivity contribution in [2.24, 2.45) is 0 Å². The van der Waals surface area contributed by atoms with Crippen molar-refractivity contribution >= 4 is 24.0 Å². The third-order valence-corrected chi connectivity index (χ3v) is 4.60. The number of aliphatic hydroxyl groups excluding tert-OH is 1. The smallest absolute Gasteiger partial charge is 0.195 e. The van der Waals surface area contributed by atoms with Gasteiger partial charge in [0.25, 0.3) is 0 Å². The van der Waals surface area contributed by atoms with Crippen molar-refractivity contribution in [1.82, 2.24) is 14.8 Å². The van der Waals surface area contributed by atoms with Gasteiger partial charge in [-0.1, -0.05) is 6.42 Å². The maximum Gasteiger partial charge on any atom is 0.195 e. The van der Waals surface area contributed by atoms with Crippen LogP contribution >= 0.6 is 24.0 Å². The van der Waals surface area contributed by atoms with Crippen LogP contribution in [0.3, 0.4) is 0 Å². The van der Waals surface area contributed by atoms with Gasteiger partial charge in [0.15, 0.2) is 10.6 Å². The van der Waals surface area contributed by atoms with Crippen LogP contribution in [0.2, 0.25) is 0 Å². The molecule has 0 aliphatic heterocycles. The molecule has 1 aliphatic rings. The second kappa shape index (κ2) is 5.33. The molecule has 1 fully saturated rings. The molecular formula is C10H17N3OS2. The second-order valence-corrected chi connectivity index (χ2v) is 5.68. The normalized spacial score (nSPS) is 25.9. The number of thioether (sulfide) groups is 1. The molecule has 0 aromatic carbocycles. The van der Waals surface area contributed by atoms with Crippen LogP contribution in [0.1, 0.15) is 37.5 Å². The van der Waals surface area contributed by atoms with E-state index in [4.69, 9.17) is 12.2 Å². The number of aromatic nitrogens is 3. The van der Waals surface area contributed by atoms with Crippen LogP contribution in [0.25, 0.3) is 0 Å². The first-order chi connectivity index (χ1) is 7.76. The number of hydrogen-bond acceptors (Lipinski definition) is 4. The summed E-state index contributed by atoms with van der Waals surface area (Å²) in [7, 11) is 0. The molecule has 90 valence electrons. The quantitative estimate of drug-likeness (QED) is 0.818. The van der Waals surface area contributed by atoms with Gasteiger partial charge in [0.1, 0.15) is 6.61 Å². The van der Waals surface area contributed by atoms with Gasteiger partial charge in [0.2, 0.25) is 0 Å². The Morgan fingerprint density at radius 3 is 3.12 bits per heavy atom. The number of nitrogens with one attached hydrogen (secondary N) is 1. The summed E-state index contributed by atoms with van der Waals surface area (Å²) in [5.41, 5.74) is 0. The third kappa shape index (κ3) is 2.33. The summed E-state index contributed by atoms with van der Waals surface area (Å²) < 4.78 is 2.63. The molecular weight excluding hydrogens is 242 g/mol. The molecule has 1 saturated carbocycles. The van der Waals surface area contributed by atoms with Gasteiger partial charge in [-0.15, -0.1) is 0 Å². The zero-order chi connectivity index (χ0) is 11.5. The molecule has 0 saturated heterocycles. The van der Waals surface area contributed by atoms with Crippen molar-refractivity contribution in [2.75, 3.05) is 6.26 Å². The first-order valence-electron chi connectivity index (χ1n) is 5.55. The summed E-state index contributed by atoms with van der Waals surface area (Å²) in [5, 5.41) is 16.8. The van der Waals surface area contributed by atoms with Gasteiger partial charge in [-0.25, -0.2) is 0 Å². The lowest BCUT2D eigenvalue weighted by molar-refractivity contribution is 0.251. The summed E-state index contributed by atoms with van der Waals surface area (Å²) in [6.07, 6.45) is 6.94. The minimum absolute atomic E-state index is 0.0480. The van der Waals surface area contributed by atoms with E-state index in [1.54, 1.807) is 0 Å². The second-order valence-electron chi connectivity index (χ2n) is 4.15. The monoisotopic (exact) mass is 259 g/mol. The van der Waals surface area contributed by atoms with Crippen molar-refractivity contribution in [3.8, 4) is 0 Å². The number of hydrogen-bond donors (Lipinski definition) is 2. The van der Waals surface area contributed by atoms with Gasteiger partial charge in [-0.05, 0) is 37.7 Å². The van der Waals surface area contributed by atoms with Gasteiger partial charge in [0, 0.05) is 11.3 Å². The molecule has 0 spiro atoms. The van der Waals surface area contributed by atoms with E-state index in [0.717, 1.165) is 12.8 Å². The predicted molar refractivity (Wildman–Crippen MR) is 68.1 cm³/mol. The van der Waals surface area contributed by atoms with Crippen LogP contribution in [-0.4, -0.2) is 31.4 Å². The Morgan fingerprint density at radius 1 is 1.62 bits per heavy atom. The highest BCUT2D eigenvalue weighted by Crippen LogP contribution is 2.34. The van der Waals surface area contributed by atoms with E-state index >= 15 is 0 Å². The summed E-state index contributed by atoms with van der Waals surface area (Å²) >= 11 is 7.15. The number of aromatic amines is 1. The molecule has 2 rings (SSSR count). The van der Waals surface area contributed by atoms with Crippen LogP contribution in [0.15, 0.2) is 0 Å². The Balaban J connectivity index is 2.22. The Labute approximate surface area is 104 Å². The SMILES string of the molecule is CSC1CCCC(n2c(CO)n[nH]c2=S)C1. The van der Waals surface area contributed by atoms with Crippen LogP contribution in [0, 0.1) is 4.77 Å². The highest BCUT2D eigenvalue weighted by Gasteiger charge is 2.24. The molecule has 6 heteroatoms. The zero-order valence-corrected chi connectivity index (χ0v) is 11.0. The molecule has 16 heavy (non-hydrogen) atoms. The van der Waals surface area contributed by atoms with Crippen LogP contribution < -0.4 is 0 Å². The van der Waals surface area contributed by atoms with E-state index in [1.807, 2.05) is 16.3 Å². The maximum absolute atomic E-state index is 9.23. The number of nitrogens with zero attached hydrogens (tertiary/aromatic N) is 2. The fraction of sp³-hybridized carbons (Fsp3) is 0.800. The number of rotatable bonds is 3. The largest absolute Gasteiger partial charge is 0.388 e. The molecule has 0 radical (unpaired) electrons. The summed E-state index contributed by atoms with van der Waals surface area (Å²) in [6, 6.07) is 0.402. The molecule has 4 nitrogen and oxygen atoms in total. The summed E-state index contributed by atoms with van der Waals surface area (Å²) in [4.78, 5) is 0. The van der Waals surface area contributed by atoms with Crippen LogP contribution in [0.5, 0.6) is 0 Å². The Bertz CT molecular complexity index is 401. The van der Waals surface area contributed by atoms with E-state index < -0.39 is 0 Å². The summed E-state index contributed by atoms with van der Waals surface area (Å²) in [6.45, 7) is -0.0480. The standard InChI is InChI=1S/C10H17N3OS2/c1-16-8-4-2-3-7(5-8)13-9(6-14)11-12-10(13)15/h7-8,14H,2-6H2,1H3,(H,12,15). The maximum atomic E-state index is 9.23. The Kier molecular flexibility index (Phi) is 4.05. The molecule has 1 heterocycles. The molecule has 2 atom stereocenters. The highest BCUT2D eigenvalue weighted by atomic mass is 32.2. The zero-order valence-electron chi connectivity index (χ0n) is 9.35. The van der Waals surface area contributed by atoms with E-state index in [1.165, 1.54) is 12.8 Å². The summed E-state index contributed by atoms with van der Waals surface area (Å²) in [5.74, 6) is 0.664. The van der Waals surface area contributed by atoms with Crippen molar-refractivity contribution in [3.63, 3.8) is 0 Å². The van der Waals surface area contributed by atoms with Crippen LogP contribution in [0.4, 0.5) is 0 Å². The van der Waals surface area contributed by atoms with Gasteiger partial charge in [-0.2, -0.15) is 16.9 Å². The van der Waals surface area contributed by atoms with Gasteiger partial charge in [-0.3, -0.25) is 9.67 Å². The molecule has 1 aromatic heterocycles. The lowest BCUT2D eigenvalue weighted by Gasteiger charge is -2.29. The number of H-pyrrole nitrogens is 1. The van der Waals surface area contributed by atoms with Crippen molar-refractivity contribution in [3.05, 3.63) is 10.6 Å². The predicted octanol–water partition coefficient (Wildman–Crippen LogP) is 2.28. The van der Waals surface area contributed by atoms with E-state index in [2.05, 4.69) is 16.5 Å². The lowest BCUT2D eigenvalue weighted by atomic mass is 9.95. The van der Waals surface area contributed by atoms with Crippen LogP contribution in [-0.2, 0) is 6.61 Å². The molecule has 2 unspecified atom stereocenters. The van der Waals surface area contributed by atoms with Gasteiger partial charge >= 0.3 is 0 Å². The Hall–Kier alpha value is -0.330. The Morgan fingerprint density at radius 2 is 2.44 bits per heavy atom. The third-order valence-electron chi connectivity index (χ3n) is 3.22. The number of aliphatic hydroxyl groups is 1. The van der Waals surface area contributed by atoms with E-state index in [0.29, 0.717) is 21.9 Å². The molecule has 2 N–H and O–H groups in total. The van der Waals surface area contributed by atoms with Crippen molar-refractivity contribution in [1.29, 1.82) is 0 Å². The molecule has 0 bridgehead atoms. The van der Waals surface area contributed by atoms with Crippen molar-refractivity contribution in [2.45, 2.75) is 43.6 Å². The van der Waals surface area contributed by atoms with E-state index in [-0.39, 0.29) is 6.61 Å². The average Bonchev–Trinajstić information content (AvgIpc) is 2.70.